The first-order chi connectivity index (χ1) is 14.9. The van der Waals surface area contributed by atoms with Crippen molar-refractivity contribution >= 4 is 39.4 Å². The minimum absolute atomic E-state index is 0.00544. The molecule has 0 aliphatic rings. The van der Waals surface area contributed by atoms with E-state index in [1.807, 2.05) is 24.7 Å². The highest BCUT2D eigenvalue weighted by Gasteiger charge is 2.15. The SMILES string of the molecule is Cc1c(-c2csc(NC(=O)c3cc(COc4ccc([N+](=O)[O-])cc4)cs3)n2)cnn1C. The summed E-state index contributed by atoms with van der Waals surface area (Å²) in [6.45, 7) is 2.22. The summed E-state index contributed by atoms with van der Waals surface area (Å²) in [5, 5.41) is 22.0. The fourth-order valence-electron chi connectivity index (χ4n) is 2.76. The first-order valence-electron chi connectivity index (χ1n) is 9.11. The Labute approximate surface area is 185 Å². The van der Waals surface area contributed by atoms with Gasteiger partial charge in [0, 0.05) is 41.4 Å². The standard InChI is InChI=1S/C20H17N5O4S2/c1-12-16(8-21-24(12)2)17-11-31-20(22-17)23-19(26)18-7-13(10-30-18)9-29-15-5-3-14(4-6-15)25(27)28/h3-8,10-11H,9H2,1-2H3,(H,22,23,26). The van der Waals surface area contributed by atoms with Gasteiger partial charge in [-0.2, -0.15) is 5.10 Å². The van der Waals surface area contributed by atoms with Crippen molar-refractivity contribution in [2.45, 2.75) is 13.5 Å². The number of benzene rings is 1. The lowest BCUT2D eigenvalue weighted by molar-refractivity contribution is -0.384. The minimum Gasteiger partial charge on any atom is -0.489 e. The number of hydrogen-bond acceptors (Lipinski definition) is 8. The van der Waals surface area contributed by atoms with Crippen LogP contribution in [0.15, 0.2) is 47.3 Å². The summed E-state index contributed by atoms with van der Waals surface area (Å²) in [5.41, 5.74) is 3.54. The number of anilines is 1. The third-order valence-corrected chi connectivity index (χ3v) is 6.30. The van der Waals surface area contributed by atoms with E-state index in [4.69, 9.17) is 4.74 Å². The van der Waals surface area contributed by atoms with E-state index < -0.39 is 4.92 Å². The molecule has 4 aromatic rings. The van der Waals surface area contributed by atoms with Crippen LogP contribution in [0.3, 0.4) is 0 Å². The summed E-state index contributed by atoms with van der Waals surface area (Å²) in [7, 11) is 1.87. The van der Waals surface area contributed by atoms with Gasteiger partial charge in [-0.3, -0.25) is 24.9 Å². The third-order valence-electron chi connectivity index (χ3n) is 4.57. The monoisotopic (exact) mass is 455 g/mol. The number of carbonyl (C=O) groups excluding carboxylic acids is 1. The summed E-state index contributed by atoms with van der Waals surface area (Å²) >= 11 is 2.66. The smallest absolute Gasteiger partial charge is 0.269 e. The molecule has 0 unspecified atom stereocenters. The largest absolute Gasteiger partial charge is 0.489 e. The lowest BCUT2D eigenvalue weighted by Gasteiger charge is -2.04. The van der Waals surface area contributed by atoms with Gasteiger partial charge in [-0.15, -0.1) is 22.7 Å². The highest BCUT2D eigenvalue weighted by Crippen LogP contribution is 2.28. The van der Waals surface area contributed by atoms with Crippen molar-refractivity contribution < 1.29 is 14.5 Å². The molecule has 0 radical (unpaired) electrons. The molecule has 1 aromatic carbocycles. The number of nitrogens with zero attached hydrogens (tertiary/aromatic N) is 4. The van der Waals surface area contributed by atoms with Crippen LogP contribution >= 0.6 is 22.7 Å². The van der Waals surface area contributed by atoms with E-state index in [1.165, 1.54) is 34.8 Å². The number of carbonyl (C=O) groups is 1. The Hall–Kier alpha value is -3.57. The second kappa shape index (κ2) is 8.66. The van der Waals surface area contributed by atoms with E-state index in [-0.39, 0.29) is 18.2 Å². The molecule has 158 valence electrons. The zero-order valence-corrected chi connectivity index (χ0v) is 18.2. The summed E-state index contributed by atoms with van der Waals surface area (Å²) < 4.78 is 7.41. The van der Waals surface area contributed by atoms with Gasteiger partial charge in [0.2, 0.25) is 0 Å². The fraction of sp³-hybridized carbons (Fsp3) is 0.150. The molecule has 3 heterocycles. The number of non-ortho nitro benzene ring substituents is 1. The van der Waals surface area contributed by atoms with Crippen molar-refractivity contribution in [2.24, 2.45) is 7.05 Å². The average molecular weight is 456 g/mol. The Kier molecular flexibility index (Phi) is 5.78. The number of nitro benzene ring substituents is 1. The molecule has 0 spiro atoms. The Morgan fingerprint density at radius 3 is 2.71 bits per heavy atom. The van der Waals surface area contributed by atoms with Crippen molar-refractivity contribution in [1.82, 2.24) is 14.8 Å². The number of nitrogens with one attached hydrogen (secondary N) is 1. The molecule has 3 aromatic heterocycles. The average Bonchev–Trinajstić information content (AvgIpc) is 3.48. The quantitative estimate of drug-likeness (QED) is 0.321. The predicted octanol–water partition coefficient (Wildman–Crippen LogP) is 4.65. The van der Waals surface area contributed by atoms with Crippen molar-refractivity contribution in [1.29, 1.82) is 0 Å². The van der Waals surface area contributed by atoms with Gasteiger partial charge in [0.1, 0.15) is 12.4 Å². The van der Waals surface area contributed by atoms with Gasteiger partial charge < -0.3 is 4.74 Å². The molecule has 31 heavy (non-hydrogen) atoms. The zero-order chi connectivity index (χ0) is 22.0. The summed E-state index contributed by atoms with van der Waals surface area (Å²) in [5.74, 6) is 0.277. The Bertz CT molecular complexity index is 1240. The van der Waals surface area contributed by atoms with E-state index in [0.29, 0.717) is 15.8 Å². The fourth-order valence-corrected chi connectivity index (χ4v) is 4.26. The van der Waals surface area contributed by atoms with Crippen LogP contribution in [0.25, 0.3) is 11.3 Å². The van der Waals surface area contributed by atoms with Crippen LogP contribution in [-0.4, -0.2) is 25.6 Å². The van der Waals surface area contributed by atoms with E-state index in [0.717, 1.165) is 22.5 Å². The molecule has 0 aliphatic heterocycles. The molecule has 0 bridgehead atoms. The normalized spacial score (nSPS) is 10.8. The molecular weight excluding hydrogens is 438 g/mol. The minimum atomic E-state index is -0.461. The summed E-state index contributed by atoms with van der Waals surface area (Å²) in [4.78, 5) is 27.8. The molecule has 4 rings (SSSR count). The molecule has 11 heteroatoms. The number of thiazole rings is 1. The van der Waals surface area contributed by atoms with Crippen LogP contribution < -0.4 is 10.1 Å². The van der Waals surface area contributed by atoms with E-state index in [9.17, 15) is 14.9 Å². The van der Waals surface area contributed by atoms with Gasteiger partial charge in [0.15, 0.2) is 5.13 Å². The highest BCUT2D eigenvalue weighted by molar-refractivity contribution is 7.14. The van der Waals surface area contributed by atoms with Gasteiger partial charge in [0.05, 0.1) is 21.7 Å². The number of rotatable bonds is 7. The lowest BCUT2D eigenvalue weighted by atomic mass is 10.2. The van der Waals surface area contributed by atoms with Crippen molar-refractivity contribution in [3.63, 3.8) is 0 Å². The number of amides is 1. The Morgan fingerprint density at radius 1 is 1.26 bits per heavy atom. The summed E-state index contributed by atoms with van der Waals surface area (Å²) in [6, 6.07) is 7.61. The van der Waals surface area contributed by atoms with Gasteiger partial charge in [0.25, 0.3) is 11.6 Å². The number of ether oxygens (including phenoxy) is 1. The molecule has 1 N–H and O–H groups in total. The van der Waals surface area contributed by atoms with Crippen LogP contribution in [0, 0.1) is 17.0 Å². The number of thiophene rings is 1. The number of nitro groups is 1. The number of hydrogen-bond donors (Lipinski definition) is 1. The second-order valence-electron chi connectivity index (χ2n) is 6.62. The van der Waals surface area contributed by atoms with Crippen LogP contribution in [0.1, 0.15) is 20.9 Å². The van der Waals surface area contributed by atoms with E-state index >= 15 is 0 Å². The molecule has 0 aliphatic carbocycles. The molecule has 0 saturated heterocycles. The van der Waals surface area contributed by atoms with Gasteiger partial charge in [-0.25, -0.2) is 4.98 Å². The third kappa shape index (κ3) is 4.62. The van der Waals surface area contributed by atoms with Crippen LogP contribution in [0.4, 0.5) is 10.8 Å². The van der Waals surface area contributed by atoms with Crippen molar-refractivity contribution in [3.8, 4) is 17.0 Å². The van der Waals surface area contributed by atoms with Crippen molar-refractivity contribution in [2.75, 3.05) is 5.32 Å². The molecule has 0 fully saturated rings. The molecule has 0 atom stereocenters. The summed E-state index contributed by atoms with van der Waals surface area (Å²) in [6.07, 6.45) is 1.76. The Balaban J connectivity index is 1.36. The number of aromatic nitrogens is 3. The second-order valence-corrected chi connectivity index (χ2v) is 8.39. The molecule has 9 nitrogen and oxygen atoms in total. The van der Waals surface area contributed by atoms with E-state index in [2.05, 4.69) is 15.4 Å². The van der Waals surface area contributed by atoms with Crippen molar-refractivity contribution in [3.05, 3.63) is 73.5 Å². The zero-order valence-electron chi connectivity index (χ0n) is 16.6. The first kappa shape index (κ1) is 20.7. The lowest BCUT2D eigenvalue weighted by Crippen LogP contribution is -2.09. The van der Waals surface area contributed by atoms with Crippen LogP contribution in [0.5, 0.6) is 5.75 Å². The topological polar surface area (TPSA) is 112 Å². The maximum absolute atomic E-state index is 12.6. The maximum Gasteiger partial charge on any atom is 0.269 e. The highest BCUT2D eigenvalue weighted by atomic mass is 32.1. The van der Waals surface area contributed by atoms with E-state index in [1.54, 1.807) is 29.1 Å². The predicted molar refractivity (Wildman–Crippen MR) is 119 cm³/mol. The molecule has 1 amide bonds. The van der Waals surface area contributed by atoms with Crippen LogP contribution in [0.2, 0.25) is 0 Å². The van der Waals surface area contributed by atoms with Gasteiger partial charge in [-0.05, 0) is 30.5 Å². The molecule has 0 saturated carbocycles. The maximum atomic E-state index is 12.6. The number of aryl methyl sites for hydroxylation is 1. The molecular formula is C20H17N5O4S2. The van der Waals surface area contributed by atoms with Gasteiger partial charge in [-0.1, -0.05) is 0 Å². The van der Waals surface area contributed by atoms with Gasteiger partial charge >= 0.3 is 0 Å². The first-order valence-corrected chi connectivity index (χ1v) is 10.9. The van der Waals surface area contributed by atoms with Crippen LogP contribution in [-0.2, 0) is 13.7 Å². The Morgan fingerprint density at radius 2 is 2.03 bits per heavy atom.